The van der Waals surface area contributed by atoms with Crippen molar-refractivity contribution in [1.29, 1.82) is 0 Å². The van der Waals surface area contributed by atoms with Crippen LogP contribution in [0.1, 0.15) is 13.8 Å². The van der Waals surface area contributed by atoms with Crippen LogP contribution in [0.2, 0.25) is 0 Å². The molecule has 108 valence electrons. The molecule has 1 aromatic carbocycles. The Morgan fingerprint density at radius 2 is 1.86 bits per heavy atom. The van der Waals surface area contributed by atoms with Crippen molar-refractivity contribution in [3.05, 3.63) is 63.3 Å². The van der Waals surface area contributed by atoms with Gasteiger partial charge in [0.05, 0.1) is 12.3 Å². The molecule has 0 amide bonds. The summed E-state index contributed by atoms with van der Waals surface area (Å²) in [6, 6.07) is 8.93. The van der Waals surface area contributed by atoms with Crippen LogP contribution in [0, 0.1) is 0 Å². The van der Waals surface area contributed by atoms with Gasteiger partial charge in [0.1, 0.15) is 16.9 Å². The molecule has 3 heteroatoms. The van der Waals surface area contributed by atoms with Gasteiger partial charge in [0.25, 0.3) is 0 Å². The van der Waals surface area contributed by atoms with Crippen LogP contribution in [0.4, 0.5) is 0 Å². The van der Waals surface area contributed by atoms with Crippen molar-refractivity contribution in [2.24, 2.45) is 0 Å². The van der Waals surface area contributed by atoms with Crippen LogP contribution in [-0.2, 0) is 0 Å². The summed E-state index contributed by atoms with van der Waals surface area (Å²) in [6.45, 7) is 3.74. The Hall–Kier alpha value is -2.55. The second kappa shape index (κ2) is 6.75. The summed E-state index contributed by atoms with van der Waals surface area (Å²) in [5.41, 5.74) is 1.35. The van der Waals surface area contributed by atoms with Gasteiger partial charge >= 0.3 is 0 Å². The highest BCUT2D eigenvalue weighted by atomic mass is 16.5. The van der Waals surface area contributed by atoms with E-state index in [9.17, 15) is 4.79 Å². The highest BCUT2D eigenvalue weighted by molar-refractivity contribution is 5.58. The normalized spacial score (nSPS) is 13.1. The number of rotatable bonds is 3. The maximum atomic E-state index is 12.2. The number of hydrogen-bond donors (Lipinski definition) is 0. The van der Waals surface area contributed by atoms with E-state index < -0.39 is 0 Å². The highest BCUT2D eigenvalue weighted by Gasteiger charge is 2.04. The summed E-state index contributed by atoms with van der Waals surface area (Å²) in [7, 11) is 1.62. The van der Waals surface area contributed by atoms with Gasteiger partial charge in [-0.2, -0.15) is 0 Å². The quantitative estimate of drug-likeness (QED) is 0.868. The molecular formula is C18H18O3. The SMILES string of the molecule is C\C=C/C=c1/oc(-c2ccc(OC)cc2)cc(=O)/c1=C/C. The molecule has 0 saturated heterocycles. The van der Waals surface area contributed by atoms with Crippen molar-refractivity contribution < 1.29 is 9.15 Å². The fourth-order valence-corrected chi connectivity index (χ4v) is 2.01. The molecule has 0 bridgehead atoms. The van der Waals surface area contributed by atoms with Crippen LogP contribution >= 0.6 is 0 Å². The van der Waals surface area contributed by atoms with Gasteiger partial charge in [0.2, 0.25) is 0 Å². The lowest BCUT2D eigenvalue weighted by Crippen LogP contribution is -2.38. The third-order valence-electron chi connectivity index (χ3n) is 3.12. The number of hydrogen-bond acceptors (Lipinski definition) is 3. The van der Waals surface area contributed by atoms with E-state index in [1.54, 1.807) is 19.3 Å². The van der Waals surface area contributed by atoms with Gasteiger partial charge < -0.3 is 9.15 Å². The van der Waals surface area contributed by atoms with Crippen molar-refractivity contribution >= 4 is 12.2 Å². The average molecular weight is 282 g/mol. The number of ether oxygens (including phenoxy) is 1. The van der Waals surface area contributed by atoms with E-state index in [0.29, 0.717) is 16.4 Å². The smallest absolute Gasteiger partial charge is 0.192 e. The summed E-state index contributed by atoms with van der Waals surface area (Å²) >= 11 is 0. The summed E-state index contributed by atoms with van der Waals surface area (Å²) in [4.78, 5) is 12.2. The molecule has 1 aromatic heterocycles. The van der Waals surface area contributed by atoms with Crippen LogP contribution in [0.15, 0.2) is 51.7 Å². The van der Waals surface area contributed by atoms with E-state index in [1.165, 1.54) is 6.07 Å². The lowest BCUT2D eigenvalue weighted by atomic mass is 10.1. The van der Waals surface area contributed by atoms with Crippen molar-refractivity contribution in [3.63, 3.8) is 0 Å². The van der Waals surface area contributed by atoms with Crippen LogP contribution < -0.4 is 20.8 Å². The first kappa shape index (κ1) is 14.9. The van der Waals surface area contributed by atoms with Gasteiger partial charge in [0.15, 0.2) is 5.43 Å². The van der Waals surface area contributed by atoms with E-state index in [4.69, 9.17) is 9.15 Å². The Morgan fingerprint density at radius 1 is 1.14 bits per heavy atom. The lowest BCUT2D eigenvalue weighted by Gasteiger charge is -2.03. The van der Waals surface area contributed by atoms with Crippen molar-refractivity contribution in [1.82, 2.24) is 0 Å². The molecule has 0 unspecified atom stereocenters. The zero-order chi connectivity index (χ0) is 15.2. The minimum absolute atomic E-state index is 0.0506. The Morgan fingerprint density at radius 3 is 2.43 bits per heavy atom. The molecule has 0 atom stereocenters. The zero-order valence-corrected chi connectivity index (χ0v) is 12.4. The molecule has 0 aliphatic rings. The second-order valence-corrected chi connectivity index (χ2v) is 4.46. The molecule has 0 saturated carbocycles. The van der Waals surface area contributed by atoms with Gasteiger partial charge in [-0.3, -0.25) is 4.79 Å². The molecule has 0 fully saturated rings. The summed E-state index contributed by atoms with van der Waals surface area (Å²) in [5.74, 6) is 1.31. The molecule has 1 heterocycles. The Bertz CT molecular complexity index is 809. The van der Waals surface area contributed by atoms with Crippen molar-refractivity contribution in [2.45, 2.75) is 13.8 Å². The third kappa shape index (κ3) is 3.31. The van der Waals surface area contributed by atoms with E-state index in [-0.39, 0.29) is 5.43 Å². The van der Waals surface area contributed by atoms with Crippen LogP contribution in [0.5, 0.6) is 5.75 Å². The molecule has 0 N–H and O–H groups in total. The second-order valence-electron chi connectivity index (χ2n) is 4.46. The van der Waals surface area contributed by atoms with Crippen LogP contribution in [-0.4, -0.2) is 7.11 Å². The molecule has 0 aliphatic carbocycles. The van der Waals surface area contributed by atoms with Crippen LogP contribution in [0.3, 0.4) is 0 Å². The van der Waals surface area contributed by atoms with E-state index in [0.717, 1.165) is 11.3 Å². The van der Waals surface area contributed by atoms with E-state index >= 15 is 0 Å². The Labute approximate surface area is 123 Å². The predicted molar refractivity (Wildman–Crippen MR) is 85.6 cm³/mol. The summed E-state index contributed by atoms with van der Waals surface area (Å²) in [6.07, 6.45) is 7.30. The summed E-state index contributed by atoms with van der Waals surface area (Å²) in [5, 5.41) is 0.574. The minimum atomic E-state index is -0.0506. The fourth-order valence-electron chi connectivity index (χ4n) is 2.01. The van der Waals surface area contributed by atoms with Crippen molar-refractivity contribution in [3.8, 4) is 17.1 Å². The first-order valence-corrected chi connectivity index (χ1v) is 6.77. The fraction of sp³-hybridized carbons (Fsp3) is 0.167. The van der Waals surface area contributed by atoms with E-state index in [1.807, 2.05) is 50.3 Å². The first-order chi connectivity index (χ1) is 10.2. The zero-order valence-electron chi connectivity index (χ0n) is 12.4. The van der Waals surface area contributed by atoms with Gasteiger partial charge in [0, 0.05) is 11.6 Å². The molecule has 0 spiro atoms. The molecular weight excluding hydrogens is 264 g/mol. The molecule has 0 radical (unpaired) electrons. The monoisotopic (exact) mass is 282 g/mol. The highest BCUT2D eigenvalue weighted by Crippen LogP contribution is 2.19. The maximum absolute atomic E-state index is 12.2. The average Bonchev–Trinajstić information content (AvgIpc) is 2.52. The Balaban J connectivity index is 2.65. The van der Waals surface area contributed by atoms with Gasteiger partial charge in [-0.05, 0) is 44.2 Å². The molecule has 3 nitrogen and oxygen atoms in total. The first-order valence-electron chi connectivity index (χ1n) is 6.77. The predicted octanol–water partition coefficient (Wildman–Crippen LogP) is 2.47. The number of benzene rings is 1. The summed E-state index contributed by atoms with van der Waals surface area (Å²) < 4.78 is 11.0. The van der Waals surface area contributed by atoms with Gasteiger partial charge in [-0.15, -0.1) is 0 Å². The third-order valence-corrected chi connectivity index (χ3v) is 3.12. The Kier molecular flexibility index (Phi) is 4.77. The molecule has 0 aliphatic heterocycles. The number of allylic oxidation sites excluding steroid dienone is 2. The van der Waals surface area contributed by atoms with Crippen molar-refractivity contribution in [2.75, 3.05) is 7.11 Å². The molecule has 2 aromatic rings. The number of methoxy groups -OCH3 is 1. The van der Waals surface area contributed by atoms with Crippen LogP contribution in [0.25, 0.3) is 23.5 Å². The van der Waals surface area contributed by atoms with Gasteiger partial charge in [-0.1, -0.05) is 18.2 Å². The standard InChI is InChI=1S/C18H18O3/c1-4-6-7-17-15(5-2)16(19)12-18(21-17)13-8-10-14(20-3)11-9-13/h4-12H,1-3H3/b6-4-,15-5-,17-7+. The largest absolute Gasteiger partial charge is 0.497 e. The van der Waals surface area contributed by atoms with E-state index in [2.05, 4.69) is 0 Å². The topological polar surface area (TPSA) is 39.4 Å². The molecule has 21 heavy (non-hydrogen) atoms. The van der Waals surface area contributed by atoms with Gasteiger partial charge in [-0.25, -0.2) is 0 Å². The minimum Gasteiger partial charge on any atom is -0.497 e. The lowest BCUT2D eigenvalue weighted by molar-refractivity contribution is 0.415. The molecule has 2 rings (SSSR count). The maximum Gasteiger partial charge on any atom is 0.192 e.